The molecular formula is C16H18BrNOS. The van der Waals surface area contributed by atoms with Crippen molar-refractivity contribution in [3.05, 3.63) is 50.6 Å². The molecule has 3 rings (SSSR count). The molecule has 20 heavy (non-hydrogen) atoms. The standard InChI is InChI=1S/C16H18BrNOS/c1-19-15-4-2-3-11(7-15)12-5-14(6-12)18-9-16-8-13(17)10-20-16/h2-4,7-8,10,12,14,18H,5-6,9H2,1H3. The molecule has 2 aromatic rings. The van der Waals surface area contributed by atoms with Gasteiger partial charge < -0.3 is 10.1 Å². The zero-order chi connectivity index (χ0) is 13.9. The predicted molar refractivity (Wildman–Crippen MR) is 87.6 cm³/mol. The predicted octanol–water partition coefficient (Wildman–Crippen LogP) is 4.56. The number of nitrogens with one attached hydrogen (secondary N) is 1. The van der Waals surface area contributed by atoms with Gasteiger partial charge in [0.1, 0.15) is 5.75 Å². The fourth-order valence-corrected chi connectivity index (χ4v) is 4.05. The van der Waals surface area contributed by atoms with Gasteiger partial charge in [0.05, 0.1) is 7.11 Å². The molecule has 1 aliphatic carbocycles. The molecule has 0 unspecified atom stereocenters. The third kappa shape index (κ3) is 3.25. The first-order chi connectivity index (χ1) is 9.74. The first-order valence-electron chi connectivity index (χ1n) is 6.85. The molecule has 2 nitrogen and oxygen atoms in total. The highest BCUT2D eigenvalue weighted by Crippen LogP contribution is 2.38. The van der Waals surface area contributed by atoms with Crippen LogP contribution < -0.4 is 10.1 Å². The third-order valence-electron chi connectivity index (χ3n) is 3.89. The van der Waals surface area contributed by atoms with E-state index in [1.807, 2.05) is 6.07 Å². The van der Waals surface area contributed by atoms with Crippen molar-refractivity contribution in [1.29, 1.82) is 0 Å². The molecule has 4 heteroatoms. The number of rotatable bonds is 5. The molecule has 1 aromatic heterocycles. The van der Waals surface area contributed by atoms with Crippen molar-refractivity contribution < 1.29 is 4.74 Å². The Labute approximate surface area is 132 Å². The largest absolute Gasteiger partial charge is 0.497 e. The highest BCUT2D eigenvalue weighted by atomic mass is 79.9. The number of hydrogen-bond donors (Lipinski definition) is 1. The summed E-state index contributed by atoms with van der Waals surface area (Å²) in [5, 5.41) is 5.77. The van der Waals surface area contributed by atoms with Crippen LogP contribution in [0.15, 0.2) is 40.2 Å². The minimum Gasteiger partial charge on any atom is -0.497 e. The van der Waals surface area contributed by atoms with Gasteiger partial charge in [-0.1, -0.05) is 12.1 Å². The molecule has 0 aliphatic heterocycles. The summed E-state index contributed by atoms with van der Waals surface area (Å²) >= 11 is 5.30. The molecule has 106 valence electrons. The third-order valence-corrected chi connectivity index (χ3v) is 5.59. The molecule has 1 heterocycles. The molecule has 1 aliphatic rings. The second-order valence-corrected chi connectivity index (χ2v) is 7.17. The van der Waals surface area contributed by atoms with Crippen molar-refractivity contribution >= 4 is 27.3 Å². The molecule has 0 saturated heterocycles. The second kappa shape index (κ2) is 6.29. The monoisotopic (exact) mass is 351 g/mol. The number of halogens is 1. The Hall–Kier alpha value is -0.840. The van der Waals surface area contributed by atoms with Crippen LogP contribution in [0.25, 0.3) is 0 Å². The molecule has 0 amide bonds. The molecule has 1 N–H and O–H groups in total. The average Bonchev–Trinajstić information content (AvgIpc) is 2.83. The van der Waals surface area contributed by atoms with Gasteiger partial charge in [-0.25, -0.2) is 0 Å². The van der Waals surface area contributed by atoms with Gasteiger partial charge in [-0.3, -0.25) is 0 Å². The lowest BCUT2D eigenvalue weighted by Crippen LogP contribution is -2.39. The van der Waals surface area contributed by atoms with Gasteiger partial charge in [-0.05, 0) is 58.5 Å². The first kappa shape index (κ1) is 14.1. The van der Waals surface area contributed by atoms with E-state index in [-0.39, 0.29) is 0 Å². The van der Waals surface area contributed by atoms with Crippen molar-refractivity contribution in [2.75, 3.05) is 7.11 Å². The van der Waals surface area contributed by atoms with Crippen LogP contribution in [0, 0.1) is 0 Å². The fourth-order valence-electron chi connectivity index (χ4n) is 2.64. The summed E-state index contributed by atoms with van der Waals surface area (Å²) in [4.78, 5) is 1.39. The van der Waals surface area contributed by atoms with Crippen molar-refractivity contribution in [2.45, 2.75) is 31.3 Å². The summed E-state index contributed by atoms with van der Waals surface area (Å²) < 4.78 is 6.47. The Morgan fingerprint density at radius 1 is 1.35 bits per heavy atom. The van der Waals surface area contributed by atoms with Gasteiger partial charge in [0, 0.05) is 27.3 Å². The molecular weight excluding hydrogens is 334 g/mol. The van der Waals surface area contributed by atoms with Gasteiger partial charge >= 0.3 is 0 Å². The lowest BCUT2D eigenvalue weighted by molar-refractivity contribution is 0.289. The molecule has 0 bridgehead atoms. The zero-order valence-corrected chi connectivity index (χ0v) is 13.8. The smallest absolute Gasteiger partial charge is 0.119 e. The highest BCUT2D eigenvalue weighted by Gasteiger charge is 2.29. The van der Waals surface area contributed by atoms with E-state index in [9.17, 15) is 0 Å². The van der Waals surface area contributed by atoms with Gasteiger partial charge in [-0.2, -0.15) is 0 Å². The summed E-state index contributed by atoms with van der Waals surface area (Å²) in [5.74, 6) is 1.64. The number of thiophene rings is 1. The quantitative estimate of drug-likeness (QED) is 0.852. The van der Waals surface area contributed by atoms with E-state index >= 15 is 0 Å². The SMILES string of the molecule is COc1cccc(C2CC(NCc3cc(Br)cs3)C2)c1. The van der Waals surface area contributed by atoms with Gasteiger partial charge in [0.2, 0.25) is 0 Å². The van der Waals surface area contributed by atoms with E-state index in [1.54, 1.807) is 18.4 Å². The van der Waals surface area contributed by atoms with Crippen LogP contribution in [0.4, 0.5) is 0 Å². The maximum absolute atomic E-state index is 5.29. The number of hydrogen-bond acceptors (Lipinski definition) is 3. The summed E-state index contributed by atoms with van der Waals surface area (Å²) in [6.45, 7) is 0.978. The van der Waals surface area contributed by atoms with Crippen LogP contribution in [-0.4, -0.2) is 13.2 Å². The van der Waals surface area contributed by atoms with Crippen molar-refractivity contribution in [1.82, 2.24) is 5.32 Å². The number of benzene rings is 1. The maximum Gasteiger partial charge on any atom is 0.119 e. The topological polar surface area (TPSA) is 21.3 Å². The van der Waals surface area contributed by atoms with Crippen LogP contribution in [0.3, 0.4) is 0 Å². The minimum atomic E-state index is 0.645. The van der Waals surface area contributed by atoms with Crippen LogP contribution in [0.2, 0.25) is 0 Å². The van der Waals surface area contributed by atoms with E-state index in [2.05, 4.69) is 50.9 Å². The first-order valence-corrected chi connectivity index (χ1v) is 8.52. The Morgan fingerprint density at radius 3 is 2.90 bits per heavy atom. The van der Waals surface area contributed by atoms with Crippen molar-refractivity contribution in [2.24, 2.45) is 0 Å². The van der Waals surface area contributed by atoms with Crippen LogP contribution in [0.5, 0.6) is 5.75 Å². The van der Waals surface area contributed by atoms with Crippen LogP contribution in [0.1, 0.15) is 29.2 Å². The average molecular weight is 352 g/mol. The van der Waals surface area contributed by atoms with E-state index in [0.717, 1.165) is 12.3 Å². The van der Waals surface area contributed by atoms with E-state index in [1.165, 1.54) is 27.8 Å². The summed E-state index contributed by atoms with van der Waals surface area (Å²) in [7, 11) is 1.73. The number of ether oxygens (including phenoxy) is 1. The van der Waals surface area contributed by atoms with Gasteiger partial charge in [0.15, 0.2) is 0 Å². The fraction of sp³-hybridized carbons (Fsp3) is 0.375. The normalized spacial score (nSPS) is 21.5. The summed E-state index contributed by atoms with van der Waals surface area (Å²) in [6.07, 6.45) is 2.44. The van der Waals surface area contributed by atoms with Crippen LogP contribution in [-0.2, 0) is 6.54 Å². The molecule has 1 saturated carbocycles. The molecule has 0 radical (unpaired) electrons. The molecule has 1 aromatic carbocycles. The van der Waals surface area contributed by atoms with Gasteiger partial charge in [0.25, 0.3) is 0 Å². The minimum absolute atomic E-state index is 0.645. The Bertz CT molecular complexity index is 577. The summed E-state index contributed by atoms with van der Waals surface area (Å²) in [5.41, 5.74) is 1.40. The molecule has 0 atom stereocenters. The maximum atomic E-state index is 5.29. The Morgan fingerprint density at radius 2 is 2.20 bits per heavy atom. The Balaban J connectivity index is 1.48. The van der Waals surface area contributed by atoms with E-state index < -0.39 is 0 Å². The zero-order valence-electron chi connectivity index (χ0n) is 11.4. The van der Waals surface area contributed by atoms with Crippen LogP contribution >= 0.6 is 27.3 Å². The highest BCUT2D eigenvalue weighted by molar-refractivity contribution is 9.10. The lowest BCUT2D eigenvalue weighted by Gasteiger charge is -2.36. The van der Waals surface area contributed by atoms with Crippen molar-refractivity contribution in [3.8, 4) is 5.75 Å². The van der Waals surface area contributed by atoms with Gasteiger partial charge in [-0.15, -0.1) is 11.3 Å². The van der Waals surface area contributed by atoms with E-state index in [4.69, 9.17) is 4.74 Å². The van der Waals surface area contributed by atoms with E-state index in [0.29, 0.717) is 12.0 Å². The lowest BCUT2D eigenvalue weighted by atomic mass is 9.76. The number of methoxy groups -OCH3 is 1. The van der Waals surface area contributed by atoms with Crippen molar-refractivity contribution in [3.63, 3.8) is 0 Å². The second-order valence-electron chi connectivity index (χ2n) is 5.25. The summed E-state index contributed by atoms with van der Waals surface area (Å²) in [6, 6.07) is 11.3. The molecule has 0 spiro atoms. The Kier molecular flexibility index (Phi) is 4.44. The molecule has 1 fully saturated rings.